The topological polar surface area (TPSA) is 240 Å². The Kier molecular flexibility index (Phi) is 15.8. The van der Waals surface area contributed by atoms with Gasteiger partial charge >= 0.3 is 10.2 Å². The fourth-order valence-corrected chi connectivity index (χ4v) is 8.52. The van der Waals surface area contributed by atoms with Gasteiger partial charge in [0.05, 0.1) is 22.4 Å². The number of halogens is 1. The molecule has 1 aromatic heterocycles. The molecule has 0 spiro atoms. The molecule has 61 heavy (non-hydrogen) atoms. The van der Waals surface area contributed by atoms with Crippen LogP contribution in [0.25, 0.3) is 0 Å². The van der Waals surface area contributed by atoms with Gasteiger partial charge in [0, 0.05) is 95.4 Å². The molecular formula is C44H49BrN8O7S. The number of pyridine rings is 1. The molecule has 17 heteroatoms. The Hall–Kier alpha value is -5.62. The first-order chi connectivity index (χ1) is 28.9. The second-order valence-corrected chi connectivity index (χ2v) is 17.9. The summed E-state index contributed by atoms with van der Waals surface area (Å²) in [5, 5.41) is 40.7. The molecule has 5 N–H and O–H groups in total. The number of benzene rings is 3. The zero-order chi connectivity index (χ0) is 44.4. The quantitative estimate of drug-likeness (QED) is 0.0242. The molecular weight excluding hydrogens is 865 g/mol. The minimum absolute atomic E-state index is 0.00822. The van der Waals surface area contributed by atoms with Gasteiger partial charge in [0.2, 0.25) is 5.78 Å². The first-order valence-electron chi connectivity index (χ1n) is 19.8. The summed E-state index contributed by atoms with van der Waals surface area (Å²) < 4.78 is 30.7. The van der Waals surface area contributed by atoms with Crippen LogP contribution in [0.15, 0.2) is 95.6 Å². The maximum Gasteiger partial charge on any atom is 0.301 e. The summed E-state index contributed by atoms with van der Waals surface area (Å²) in [6.07, 6.45) is 1.89. The Morgan fingerprint density at radius 3 is 2.23 bits per heavy atom. The number of carbonyl (C=O) groups is 3. The van der Waals surface area contributed by atoms with Crippen LogP contribution < -0.4 is 14.3 Å². The lowest BCUT2D eigenvalue weighted by Crippen LogP contribution is -2.47. The number of nitrogens with zero attached hydrogens (tertiary/aromatic N) is 3. The van der Waals surface area contributed by atoms with Crippen LogP contribution in [0, 0.1) is 32.3 Å². The zero-order valence-corrected chi connectivity index (χ0v) is 36.5. The molecule has 3 aromatic carbocycles. The third-order valence-electron chi connectivity index (χ3n) is 10.8. The molecule has 0 saturated carbocycles. The van der Waals surface area contributed by atoms with E-state index in [9.17, 15) is 32.9 Å². The average molecular weight is 914 g/mol. The van der Waals surface area contributed by atoms with Crippen LogP contribution in [-0.2, 0) is 21.4 Å². The fraction of sp³-hybridized carbons (Fsp3) is 0.341. The molecule has 0 bridgehead atoms. The summed E-state index contributed by atoms with van der Waals surface area (Å²) in [6.45, 7) is 5.76. The minimum Gasteiger partial charge on any atom is -0.309 e. The molecule has 4 atom stereocenters. The molecule has 1 fully saturated rings. The van der Waals surface area contributed by atoms with Crippen molar-refractivity contribution in [3.63, 3.8) is 0 Å². The number of nitro benzene ring substituents is 1. The van der Waals surface area contributed by atoms with Gasteiger partial charge < -0.3 is 21.5 Å². The van der Waals surface area contributed by atoms with E-state index in [4.69, 9.17) is 16.2 Å². The smallest absolute Gasteiger partial charge is 0.301 e. The minimum atomic E-state index is -3.98. The van der Waals surface area contributed by atoms with E-state index in [2.05, 4.69) is 31.0 Å². The molecule has 15 nitrogen and oxygen atoms in total. The SMILES string of the molecule is C[C@H](NC[C@H](Cc1ccccn1)C(=N)CC(=O)c1cc(C(=O)C(=N)C[C@H](C)c2ccc(Br)cc2)cc(N2CCCNS2(=O)=O)c1)C(=O)CC(=N)[C@H](C)c1ccc([N+](=O)[O-])cc1. The highest BCUT2D eigenvalue weighted by atomic mass is 79.9. The number of hydrogen-bond donors (Lipinski definition) is 5. The second kappa shape index (κ2) is 20.8. The summed E-state index contributed by atoms with van der Waals surface area (Å²) in [4.78, 5) is 56.2. The van der Waals surface area contributed by atoms with Crippen molar-refractivity contribution < 1.29 is 27.7 Å². The molecule has 0 amide bonds. The van der Waals surface area contributed by atoms with Gasteiger partial charge in [-0.15, -0.1) is 0 Å². The highest BCUT2D eigenvalue weighted by Gasteiger charge is 2.29. The Morgan fingerprint density at radius 1 is 0.918 bits per heavy atom. The van der Waals surface area contributed by atoms with Crippen molar-refractivity contribution in [1.82, 2.24) is 15.0 Å². The summed E-state index contributed by atoms with van der Waals surface area (Å²) in [6, 6.07) is 22.2. The van der Waals surface area contributed by atoms with Crippen molar-refractivity contribution in [2.75, 3.05) is 23.9 Å². The molecule has 1 aliphatic rings. The van der Waals surface area contributed by atoms with Crippen molar-refractivity contribution in [3.05, 3.63) is 134 Å². The van der Waals surface area contributed by atoms with Crippen molar-refractivity contribution >= 4 is 72.0 Å². The van der Waals surface area contributed by atoms with Gasteiger partial charge in [-0.2, -0.15) is 13.1 Å². The van der Waals surface area contributed by atoms with Crippen molar-refractivity contribution in [2.45, 2.75) is 70.8 Å². The Labute approximate surface area is 363 Å². The Bertz CT molecular complexity index is 2410. The number of anilines is 1. The number of nitro groups is 1. The number of nitrogens with one attached hydrogen (secondary N) is 5. The number of non-ortho nitro benzene ring substituents is 1. The standard InChI is InChI=1S/C44H49BrN8O7S/c1-27(30-8-12-35(45)13-9-30)19-41(48)44(56)33-20-32(22-38(23-33)52-18-6-17-51-61(52,59)60)43(55)25-40(47)34(21-36-7-4-5-16-49-36)26-50-29(3)42(54)24-39(46)28(2)31-10-14-37(15-11-31)53(57)58/h4-5,7-16,20,22-23,27-29,34,46-48,50-51H,6,17-19,21,24-26H2,1-3H3/t27-,28+,29-,34-/m0/s1. The third kappa shape index (κ3) is 12.5. The van der Waals surface area contributed by atoms with E-state index < -0.39 is 44.6 Å². The largest absolute Gasteiger partial charge is 0.309 e. The first-order valence-corrected chi connectivity index (χ1v) is 22.0. The third-order valence-corrected chi connectivity index (χ3v) is 12.9. The lowest BCUT2D eigenvalue weighted by atomic mass is 9.89. The van der Waals surface area contributed by atoms with Gasteiger partial charge in [-0.3, -0.25) is 33.8 Å². The van der Waals surface area contributed by atoms with Gasteiger partial charge in [-0.05, 0) is 85.7 Å². The van der Waals surface area contributed by atoms with Crippen LogP contribution in [0.3, 0.4) is 0 Å². The van der Waals surface area contributed by atoms with Crippen LogP contribution in [0.5, 0.6) is 0 Å². The molecule has 2 heterocycles. The molecule has 0 aliphatic carbocycles. The summed E-state index contributed by atoms with van der Waals surface area (Å²) in [5.41, 5.74) is 2.20. The fourth-order valence-electron chi connectivity index (χ4n) is 6.94. The number of aromatic nitrogens is 1. The van der Waals surface area contributed by atoms with Crippen LogP contribution in [0.1, 0.15) is 95.8 Å². The van der Waals surface area contributed by atoms with Crippen LogP contribution in [0.4, 0.5) is 11.4 Å². The maximum atomic E-state index is 14.1. The van der Waals surface area contributed by atoms with Crippen LogP contribution in [0.2, 0.25) is 0 Å². The number of rotatable bonds is 21. The Balaban J connectivity index is 1.33. The maximum absolute atomic E-state index is 14.1. The van der Waals surface area contributed by atoms with Gasteiger partial charge in [-0.25, -0.2) is 0 Å². The number of ketones is 3. The number of Topliss-reactive ketones (excluding diaryl/α,β-unsaturated/α-hetero) is 3. The predicted octanol–water partition coefficient (Wildman–Crippen LogP) is 7.41. The molecule has 1 aliphatic heterocycles. The van der Waals surface area contributed by atoms with Crippen molar-refractivity contribution in [1.29, 1.82) is 16.2 Å². The molecule has 5 rings (SSSR count). The monoisotopic (exact) mass is 912 g/mol. The van der Waals surface area contributed by atoms with E-state index in [1.807, 2.05) is 31.2 Å². The van der Waals surface area contributed by atoms with Gasteiger partial charge in [-0.1, -0.05) is 60.1 Å². The molecule has 0 radical (unpaired) electrons. The van der Waals surface area contributed by atoms with Gasteiger partial charge in [0.1, 0.15) is 0 Å². The number of carbonyl (C=O) groups excluding carboxylic acids is 3. The van der Waals surface area contributed by atoms with Crippen LogP contribution >= 0.6 is 15.9 Å². The Morgan fingerprint density at radius 2 is 1.59 bits per heavy atom. The van der Waals surface area contributed by atoms with Crippen LogP contribution in [-0.4, -0.2) is 78.5 Å². The van der Waals surface area contributed by atoms with Crippen molar-refractivity contribution in [3.8, 4) is 0 Å². The van der Waals surface area contributed by atoms with E-state index in [0.29, 0.717) is 17.7 Å². The van der Waals surface area contributed by atoms with E-state index in [1.165, 1.54) is 30.3 Å². The van der Waals surface area contributed by atoms with Gasteiger partial charge in [0.15, 0.2) is 11.6 Å². The summed E-state index contributed by atoms with van der Waals surface area (Å²) >= 11 is 3.42. The van der Waals surface area contributed by atoms with Gasteiger partial charge in [0.25, 0.3) is 5.69 Å². The number of hydrogen-bond acceptors (Lipinski definition) is 12. The zero-order valence-electron chi connectivity index (χ0n) is 34.1. The molecule has 0 unspecified atom stereocenters. The van der Waals surface area contributed by atoms with E-state index >= 15 is 0 Å². The highest BCUT2D eigenvalue weighted by molar-refractivity contribution is 9.10. The first kappa shape index (κ1) is 46.4. The van der Waals surface area contributed by atoms with E-state index in [1.54, 1.807) is 50.4 Å². The van der Waals surface area contributed by atoms with E-state index in [-0.39, 0.29) is 96.7 Å². The lowest BCUT2D eigenvalue weighted by molar-refractivity contribution is -0.384. The average Bonchev–Trinajstić information content (AvgIpc) is 3.24. The van der Waals surface area contributed by atoms with E-state index in [0.717, 1.165) is 14.3 Å². The summed E-state index contributed by atoms with van der Waals surface area (Å²) in [7, 11) is -3.98. The second-order valence-electron chi connectivity index (χ2n) is 15.3. The predicted molar refractivity (Wildman–Crippen MR) is 239 cm³/mol. The molecule has 4 aromatic rings. The lowest BCUT2D eigenvalue weighted by Gasteiger charge is -2.29. The molecule has 1 saturated heterocycles. The highest BCUT2D eigenvalue weighted by Crippen LogP contribution is 2.28. The summed E-state index contributed by atoms with van der Waals surface area (Å²) in [5.74, 6) is -2.71. The molecule has 320 valence electrons. The van der Waals surface area contributed by atoms with Crippen molar-refractivity contribution in [2.24, 2.45) is 5.92 Å². The normalized spacial score (nSPS) is 15.5.